The summed E-state index contributed by atoms with van der Waals surface area (Å²) in [5.74, 6) is -0.179. The van der Waals surface area contributed by atoms with Crippen molar-refractivity contribution < 1.29 is 18.0 Å². The molecule has 0 aliphatic carbocycles. The van der Waals surface area contributed by atoms with E-state index in [9.17, 15) is 18.0 Å². The molecule has 0 saturated heterocycles. The van der Waals surface area contributed by atoms with Crippen molar-refractivity contribution in [1.82, 2.24) is 0 Å². The van der Waals surface area contributed by atoms with E-state index >= 15 is 0 Å². The lowest BCUT2D eigenvalue weighted by Gasteiger charge is -2.10. The van der Waals surface area contributed by atoms with Crippen molar-refractivity contribution in [2.75, 3.05) is 5.32 Å². The topological polar surface area (TPSA) is 29.1 Å². The highest BCUT2D eigenvalue weighted by atomic mass is 19.4. The van der Waals surface area contributed by atoms with Crippen molar-refractivity contribution in [2.24, 2.45) is 0 Å². The van der Waals surface area contributed by atoms with Gasteiger partial charge in [0.25, 0.3) is 0 Å². The number of alkyl halides is 3. The summed E-state index contributed by atoms with van der Waals surface area (Å²) < 4.78 is 38.0. The normalized spacial score (nSPS) is 11.9. The highest BCUT2D eigenvalue weighted by Gasteiger charge is 2.29. The average molecular weight is 367 g/mol. The molecule has 0 amide bonds. The first kappa shape index (κ1) is 18.5. The predicted octanol–water partition coefficient (Wildman–Crippen LogP) is 6.04. The first-order valence-corrected chi connectivity index (χ1v) is 8.24. The molecule has 27 heavy (non-hydrogen) atoms. The summed E-state index contributed by atoms with van der Waals surface area (Å²) in [5.41, 5.74) is 1.40. The number of ketones is 1. The SMILES string of the molecule is O=C(/C(=C/Nc1ccc(C(F)(F)F)cc1)c1ccccc1)c1ccccc1. The van der Waals surface area contributed by atoms with E-state index in [0.29, 0.717) is 22.4 Å². The maximum Gasteiger partial charge on any atom is 0.416 e. The van der Waals surface area contributed by atoms with Crippen LogP contribution in [0, 0.1) is 0 Å². The van der Waals surface area contributed by atoms with Gasteiger partial charge in [-0.2, -0.15) is 13.2 Å². The Morgan fingerprint density at radius 1 is 0.741 bits per heavy atom. The minimum absolute atomic E-state index is 0.179. The van der Waals surface area contributed by atoms with Crippen LogP contribution in [0.4, 0.5) is 18.9 Å². The molecular weight excluding hydrogens is 351 g/mol. The fourth-order valence-electron chi connectivity index (χ4n) is 2.55. The van der Waals surface area contributed by atoms with Gasteiger partial charge in [0.2, 0.25) is 0 Å². The van der Waals surface area contributed by atoms with Gasteiger partial charge in [-0.1, -0.05) is 60.7 Å². The molecule has 3 aromatic carbocycles. The Kier molecular flexibility index (Phi) is 5.41. The number of halogens is 3. The van der Waals surface area contributed by atoms with E-state index < -0.39 is 11.7 Å². The van der Waals surface area contributed by atoms with Crippen molar-refractivity contribution in [2.45, 2.75) is 6.18 Å². The molecule has 0 aromatic heterocycles. The Hall–Kier alpha value is -3.34. The van der Waals surface area contributed by atoms with Gasteiger partial charge in [0, 0.05) is 23.0 Å². The summed E-state index contributed by atoms with van der Waals surface area (Å²) in [7, 11) is 0. The van der Waals surface area contributed by atoms with Gasteiger partial charge in [0.15, 0.2) is 5.78 Å². The first-order chi connectivity index (χ1) is 12.9. The highest BCUT2D eigenvalue weighted by molar-refractivity contribution is 6.29. The van der Waals surface area contributed by atoms with Crippen molar-refractivity contribution in [3.63, 3.8) is 0 Å². The van der Waals surface area contributed by atoms with Crippen LogP contribution >= 0.6 is 0 Å². The summed E-state index contributed by atoms with van der Waals surface area (Å²) in [4.78, 5) is 12.9. The molecule has 0 bridgehead atoms. The second kappa shape index (κ2) is 7.91. The quantitative estimate of drug-likeness (QED) is 0.440. The van der Waals surface area contributed by atoms with Gasteiger partial charge in [-0.15, -0.1) is 0 Å². The first-order valence-electron chi connectivity index (χ1n) is 8.24. The van der Waals surface area contributed by atoms with E-state index in [4.69, 9.17) is 0 Å². The fourth-order valence-corrected chi connectivity index (χ4v) is 2.55. The summed E-state index contributed by atoms with van der Waals surface area (Å²) in [6.07, 6.45) is -2.86. The summed E-state index contributed by atoms with van der Waals surface area (Å²) in [6.45, 7) is 0. The molecule has 0 saturated carbocycles. The van der Waals surface area contributed by atoms with Crippen molar-refractivity contribution in [3.05, 3.63) is 108 Å². The van der Waals surface area contributed by atoms with Crippen LogP contribution in [0.15, 0.2) is 91.1 Å². The summed E-state index contributed by atoms with van der Waals surface area (Å²) >= 11 is 0. The standard InChI is InChI=1S/C22H16F3NO/c23-22(24,25)18-11-13-19(14-12-18)26-15-20(16-7-3-1-4-8-16)21(27)17-9-5-2-6-10-17/h1-15,26H/b20-15+. The Bertz CT molecular complexity index is 931. The number of anilines is 1. The van der Waals surface area contributed by atoms with Crippen LogP contribution in [0.1, 0.15) is 21.5 Å². The monoisotopic (exact) mass is 367 g/mol. The highest BCUT2D eigenvalue weighted by Crippen LogP contribution is 2.30. The zero-order valence-corrected chi connectivity index (χ0v) is 14.2. The van der Waals surface area contributed by atoms with Crippen LogP contribution in [0.2, 0.25) is 0 Å². The fraction of sp³-hybridized carbons (Fsp3) is 0.0455. The number of Topliss-reactive ketones (excluding diaryl/α,β-unsaturated/α-hetero) is 1. The molecule has 0 fully saturated rings. The number of carbonyl (C=O) groups is 1. The number of benzene rings is 3. The number of hydrogen-bond donors (Lipinski definition) is 1. The average Bonchev–Trinajstić information content (AvgIpc) is 2.69. The maximum atomic E-state index is 12.9. The number of nitrogens with one attached hydrogen (secondary N) is 1. The second-order valence-electron chi connectivity index (χ2n) is 5.84. The van der Waals surface area contributed by atoms with E-state index in [1.807, 2.05) is 24.3 Å². The van der Waals surface area contributed by atoms with Gasteiger partial charge < -0.3 is 5.32 Å². The van der Waals surface area contributed by atoms with Gasteiger partial charge >= 0.3 is 6.18 Å². The van der Waals surface area contributed by atoms with Crippen molar-refractivity contribution >= 4 is 17.0 Å². The maximum absolute atomic E-state index is 12.9. The molecule has 2 nitrogen and oxygen atoms in total. The molecule has 1 N–H and O–H groups in total. The van der Waals surface area contributed by atoms with E-state index in [-0.39, 0.29) is 5.78 Å². The molecule has 3 rings (SSSR count). The zero-order chi connectivity index (χ0) is 19.3. The Morgan fingerprint density at radius 2 is 1.26 bits per heavy atom. The van der Waals surface area contributed by atoms with Crippen LogP contribution in [0.5, 0.6) is 0 Å². The Morgan fingerprint density at radius 3 is 1.78 bits per heavy atom. The molecule has 0 atom stereocenters. The second-order valence-corrected chi connectivity index (χ2v) is 5.84. The van der Waals surface area contributed by atoms with Gasteiger partial charge in [-0.05, 0) is 29.8 Å². The molecule has 3 aromatic rings. The molecule has 0 radical (unpaired) electrons. The third-order valence-electron chi connectivity index (χ3n) is 3.96. The molecule has 136 valence electrons. The van der Waals surface area contributed by atoms with Crippen LogP contribution in [0.3, 0.4) is 0 Å². The van der Waals surface area contributed by atoms with Crippen LogP contribution in [0.25, 0.3) is 5.57 Å². The third-order valence-corrected chi connectivity index (χ3v) is 3.96. The molecule has 0 unspecified atom stereocenters. The zero-order valence-electron chi connectivity index (χ0n) is 14.2. The third kappa shape index (κ3) is 4.64. The molecule has 0 spiro atoms. The molecule has 0 aliphatic rings. The molecule has 5 heteroatoms. The van der Waals surface area contributed by atoms with Gasteiger partial charge in [0.05, 0.1) is 5.56 Å². The van der Waals surface area contributed by atoms with Gasteiger partial charge in [-0.25, -0.2) is 0 Å². The van der Waals surface area contributed by atoms with Crippen molar-refractivity contribution in [3.8, 4) is 0 Å². The lowest BCUT2D eigenvalue weighted by Crippen LogP contribution is -2.06. The van der Waals surface area contributed by atoms with Gasteiger partial charge in [-0.3, -0.25) is 4.79 Å². The van der Waals surface area contributed by atoms with E-state index in [2.05, 4.69) is 5.32 Å². The number of allylic oxidation sites excluding steroid dienone is 1. The summed E-state index contributed by atoms with van der Waals surface area (Å²) in [6, 6.07) is 22.6. The lowest BCUT2D eigenvalue weighted by atomic mass is 9.97. The predicted molar refractivity (Wildman–Crippen MR) is 100 cm³/mol. The largest absolute Gasteiger partial charge is 0.416 e. The van der Waals surface area contributed by atoms with Crippen LogP contribution < -0.4 is 5.32 Å². The van der Waals surface area contributed by atoms with Gasteiger partial charge in [0.1, 0.15) is 0 Å². The molecular formula is C22H16F3NO. The minimum Gasteiger partial charge on any atom is -0.361 e. The number of hydrogen-bond acceptors (Lipinski definition) is 2. The smallest absolute Gasteiger partial charge is 0.361 e. The van der Waals surface area contributed by atoms with E-state index in [0.717, 1.165) is 12.1 Å². The van der Waals surface area contributed by atoms with E-state index in [1.54, 1.807) is 36.4 Å². The lowest BCUT2D eigenvalue weighted by molar-refractivity contribution is -0.137. The number of carbonyl (C=O) groups excluding carboxylic acids is 1. The van der Waals surface area contributed by atoms with E-state index in [1.165, 1.54) is 18.3 Å². The van der Waals surface area contributed by atoms with Crippen LogP contribution in [-0.2, 0) is 6.18 Å². The van der Waals surface area contributed by atoms with Crippen molar-refractivity contribution in [1.29, 1.82) is 0 Å². The minimum atomic E-state index is -4.38. The Labute approximate surface area is 155 Å². The number of rotatable bonds is 5. The molecule has 0 heterocycles. The molecule has 0 aliphatic heterocycles. The van der Waals surface area contributed by atoms with Crippen LogP contribution in [-0.4, -0.2) is 5.78 Å². The Balaban J connectivity index is 1.90. The summed E-state index contributed by atoms with van der Waals surface area (Å²) in [5, 5.41) is 2.92.